The quantitative estimate of drug-likeness (QED) is 0.340. The number of nitrogens with zero attached hydrogens (tertiary/aromatic N) is 3. The molecule has 0 saturated carbocycles. The van der Waals surface area contributed by atoms with Gasteiger partial charge in [-0.05, 0) is 40.1 Å². The number of thiophene rings is 1. The van der Waals surface area contributed by atoms with E-state index in [1.807, 2.05) is 11.4 Å². The number of aromatic nitrogens is 2. The largest absolute Gasteiger partial charge is 0.352 e. The average molecular weight is 471 g/mol. The molecule has 3 aromatic rings. The van der Waals surface area contributed by atoms with E-state index in [0.717, 1.165) is 5.56 Å². The van der Waals surface area contributed by atoms with Crippen molar-refractivity contribution >= 4 is 41.3 Å². The monoisotopic (exact) mass is 471 g/mol. The van der Waals surface area contributed by atoms with Crippen molar-refractivity contribution in [1.29, 1.82) is 0 Å². The number of guanidine groups is 1. The number of halogens is 2. The van der Waals surface area contributed by atoms with Crippen molar-refractivity contribution in [2.75, 3.05) is 7.05 Å². The highest BCUT2D eigenvalue weighted by Gasteiger charge is 2.06. The molecule has 0 spiro atoms. The normalized spacial score (nSPS) is 11.0. The Kier molecular flexibility index (Phi) is 7.38. The van der Waals surface area contributed by atoms with Crippen molar-refractivity contribution in [2.45, 2.75) is 13.1 Å². The maximum Gasteiger partial charge on any atom is 0.191 e. The van der Waals surface area contributed by atoms with Crippen LogP contribution in [0.15, 0.2) is 58.7 Å². The van der Waals surface area contributed by atoms with Crippen LogP contribution in [-0.2, 0) is 13.1 Å². The molecular weight excluding hydrogens is 452 g/mol. The number of imidazole rings is 1. The van der Waals surface area contributed by atoms with Crippen LogP contribution in [0.3, 0.4) is 0 Å². The van der Waals surface area contributed by atoms with Crippen molar-refractivity contribution in [3.63, 3.8) is 0 Å². The van der Waals surface area contributed by atoms with Crippen LogP contribution in [0, 0.1) is 5.82 Å². The van der Waals surface area contributed by atoms with E-state index in [4.69, 9.17) is 0 Å². The maximum atomic E-state index is 14.2. The van der Waals surface area contributed by atoms with Crippen LogP contribution in [0.4, 0.5) is 4.39 Å². The third-order valence-electron chi connectivity index (χ3n) is 3.52. The first-order chi connectivity index (χ1) is 11.8. The first-order valence-electron chi connectivity index (χ1n) is 7.48. The van der Waals surface area contributed by atoms with E-state index < -0.39 is 0 Å². The Labute approximate surface area is 167 Å². The van der Waals surface area contributed by atoms with Gasteiger partial charge >= 0.3 is 0 Å². The molecule has 0 aliphatic heterocycles. The Balaban J connectivity index is 0.00000225. The smallest absolute Gasteiger partial charge is 0.191 e. The Morgan fingerprint density at radius 3 is 2.64 bits per heavy atom. The highest BCUT2D eigenvalue weighted by atomic mass is 127. The highest BCUT2D eigenvalue weighted by Crippen LogP contribution is 2.14. The highest BCUT2D eigenvalue weighted by molar-refractivity contribution is 14.0. The van der Waals surface area contributed by atoms with Crippen molar-refractivity contribution in [2.24, 2.45) is 4.99 Å². The van der Waals surface area contributed by atoms with Gasteiger partial charge in [0, 0.05) is 32.5 Å². The molecule has 0 atom stereocenters. The number of nitrogens with one attached hydrogen (secondary N) is 2. The van der Waals surface area contributed by atoms with Gasteiger partial charge in [0.2, 0.25) is 0 Å². The molecule has 0 radical (unpaired) electrons. The standard InChI is InChI=1S/C17H18FN5S.HI/c1-19-17(22-10-14-4-7-24-11-14)21-9-13-2-3-16(15(18)8-13)23-6-5-20-12-23;/h2-8,11-12H,9-10H2,1H3,(H2,19,21,22);1H. The van der Waals surface area contributed by atoms with Gasteiger partial charge in [-0.3, -0.25) is 4.99 Å². The molecule has 2 heterocycles. The third-order valence-corrected chi connectivity index (χ3v) is 4.25. The minimum atomic E-state index is -0.284. The van der Waals surface area contributed by atoms with Crippen molar-refractivity contribution < 1.29 is 4.39 Å². The summed E-state index contributed by atoms with van der Waals surface area (Å²) in [5.41, 5.74) is 2.53. The van der Waals surface area contributed by atoms with Gasteiger partial charge in [-0.25, -0.2) is 9.37 Å². The minimum Gasteiger partial charge on any atom is -0.352 e. The van der Waals surface area contributed by atoms with Crippen LogP contribution in [0.5, 0.6) is 0 Å². The van der Waals surface area contributed by atoms with E-state index in [0.29, 0.717) is 24.7 Å². The zero-order valence-corrected chi connectivity index (χ0v) is 16.8. The molecule has 0 amide bonds. The van der Waals surface area contributed by atoms with E-state index >= 15 is 0 Å². The third kappa shape index (κ3) is 5.27. The number of rotatable bonds is 5. The molecule has 0 fully saturated rings. The predicted octanol–water partition coefficient (Wildman–Crippen LogP) is 3.56. The lowest BCUT2D eigenvalue weighted by atomic mass is 10.2. The molecule has 2 N–H and O–H groups in total. The Hall–Kier alpha value is -1.94. The van der Waals surface area contributed by atoms with E-state index in [1.165, 1.54) is 11.6 Å². The molecule has 5 nitrogen and oxygen atoms in total. The van der Waals surface area contributed by atoms with Gasteiger partial charge in [0.05, 0.1) is 12.0 Å². The summed E-state index contributed by atoms with van der Waals surface area (Å²) in [6.07, 6.45) is 4.91. The molecule has 8 heteroatoms. The molecule has 3 rings (SSSR count). The van der Waals surface area contributed by atoms with Crippen LogP contribution in [0.1, 0.15) is 11.1 Å². The molecule has 0 bridgehead atoms. The molecule has 1 aromatic carbocycles. The van der Waals surface area contributed by atoms with E-state index in [2.05, 4.69) is 32.1 Å². The summed E-state index contributed by atoms with van der Waals surface area (Å²) in [6, 6.07) is 7.22. The zero-order chi connectivity index (χ0) is 16.8. The van der Waals surface area contributed by atoms with Gasteiger partial charge in [0.1, 0.15) is 5.82 Å². The average Bonchev–Trinajstić information content (AvgIpc) is 3.29. The lowest BCUT2D eigenvalue weighted by molar-refractivity contribution is 0.615. The first-order valence-corrected chi connectivity index (χ1v) is 8.43. The summed E-state index contributed by atoms with van der Waals surface area (Å²) in [4.78, 5) is 8.11. The fourth-order valence-corrected chi connectivity index (χ4v) is 2.93. The van der Waals surface area contributed by atoms with Gasteiger partial charge in [-0.2, -0.15) is 11.3 Å². The fourth-order valence-electron chi connectivity index (χ4n) is 2.26. The van der Waals surface area contributed by atoms with E-state index in [9.17, 15) is 4.39 Å². The first kappa shape index (κ1) is 19.4. The number of benzene rings is 1. The second-order valence-corrected chi connectivity index (χ2v) is 5.95. The van der Waals surface area contributed by atoms with Gasteiger partial charge in [0.15, 0.2) is 5.96 Å². The molecule has 132 valence electrons. The Morgan fingerprint density at radius 2 is 2.04 bits per heavy atom. The van der Waals surface area contributed by atoms with E-state index in [-0.39, 0.29) is 29.8 Å². The van der Waals surface area contributed by atoms with Gasteiger partial charge in [-0.15, -0.1) is 24.0 Å². The van der Waals surface area contributed by atoms with Crippen LogP contribution in [0.2, 0.25) is 0 Å². The molecular formula is C17H19FIN5S. The number of hydrogen-bond acceptors (Lipinski definition) is 3. The molecule has 0 unspecified atom stereocenters. The lowest BCUT2D eigenvalue weighted by Gasteiger charge is -2.12. The summed E-state index contributed by atoms with van der Waals surface area (Å²) >= 11 is 1.66. The van der Waals surface area contributed by atoms with Gasteiger partial charge < -0.3 is 15.2 Å². The van der Waals surface area contributed by atoms with Gasteiger partial charge in [0.25, 0.3) is 0 Å². The summed E-state index contributed by atoms with van der Waals surface area (Å²) < 4.78 is 15.9. The predicted molar refractivity (Wildman–Crippen MR) is 110 cm³/mol. The summed E-state index contributed by atoms with van der Waals surface area (Å²) in [6.45, 7) is 1.20. The molecule has 0 saturated heterocycles. The number of hydrogen-bond donors (Lipinski definition) is 2. The maximum absolute atomic E-state index is 14.2. The summed E-state index contributed by atoms with van der Waals surface area (Å²) in [5, 5.41) is 10.5. The van der Waals surface area contributed by atoms with Crippen molar-refractivity contribution in [1.82, 2.24) is 20.2 Å². The topological polar surface area (TPSA) is 54.2 Å². The second kappa shape index (κ2) is 9.52. The van der Waals surface area contributed by atoms with Crippen LogP contribution in [0.25, 0.3) is 5.69 Å². The van der Waals surface area contributed by atoms with E-state index in [1.54, 1.807) is 47.7 Å². The van der Waals surface area contributed by atoms with Crippen LogP contribution < -0.4 is 10.6 Å². The summed E-state index contributed by atoms with van der Waals surface area (Å²) in [7, 11) is 1.71. The Morgan fingerprint density at radius 1 is 1.24 bits per heavy atom. The second-order valence-electron chi connectivity index (χ2n) is 5.17. The number of aliphatic imine (C=N–C) groups is 1. The molecule has 0 aliphatic rings. The van der Waals surface area contributed by atoms with Crippen LogP contribution >= 0.6 is 35.3 Å². The SMILES string of the molecule is CN=C(NCc1ccsc1)NCc1ccc(-n2ccnc2)c(F)c1.I. The summed E-state index contributed by atoms with van der Waals surface area (Å²) in [5.74, 6) is 0.397. The van der Waals surface area contributed by atoms with Gasteiger partial charge in [-0.1, -0.05) is 6.07 Å². The molecule has 0 aliphatic carbocycles. The van der Waals surface area contributed by atoms with Crippen LogP contribution in [-0.4, -0.2) is 22.6 Å². The Bertz CT molecular complexity index is 803. The molecule has 2 aromatic heterocycles. The zero-order valence-electron chi connectivity index (χ0n) is 13.6. The minimum absolute atomic E-state index is 0. The lowest BCUT2D eigenvalue weighted by Crippen LogP contribution is -2.36. The van der Waals surface area contributed by atoms with Crippen molar-refractivity contribution in [3.8, 4) is 5.69 Å². The fraction of sp³-hybridized carbons (Fsp3) is 0.176. The van der Waals surface area contributed by atoms with Crippen molar-refractivity contribution in [3.05, 3.63) is 70.7 Å². The molecule has 25 heavy (non-hydrogen) atoms.